The van der Waals surface area contributed by atoms with E-state index in [1.54, 1.807) is 0 Å². The van der Waals surface area contributed by atoms with Gasteiger partial charge in [-0.15, -0.1) is 0 Å². The van der Waals surface area contributed by atoms with Gasteiger partial charge in [-0.05, 0) is 13.8 Å². The van der Waals surface area contributed by atoms with Crippen molar-refractivity contribution >= 4 is 0 Å². The van der Waals surface area contributed by atoms with Crippen LogP contribution in [-0.2, 0) is 18.9 Å². The van der Waals surface area contributed by atoms with Gasteiger partial charge in [0.05, 0.1) is 26.4 Å². The van der Waals surface area contributed by atoms with E-state index in [2.05, 4.69) is 13.8 Å². The lowest BCUT2D eigenvalue weighted by Crippen LogP contribution is -2.27. The van der Waals surface area contributed by atoms with Gasteiger partial charge in [-0.3, -0.25) is 0 Å². The van der Waals surface area contributed by atoms with Crippen molar-refractivity contribution in [2.45, 2.75) is 55.1 Å². The molecule has 0 aromatic heterocycles. The van der Waals surface area contributed by atoms with Crippen LogP contribution in [-0.4, -0.2) is 39.0 Å². The maximum absolute atomic E-state index is 5.17. The molecule has 18 heavy (non-hydrogen) atoms. The summed E-state index contributed by atoms with van der Waals surface area (Å²) in [4.78, 5) is 0. The van der Waals surface area contributed by atoms with Crippen molar-refractivity contribution in [1.29, 1.82) is 0 Å². The summed E-state index contributed by atoms with van der Waals surface area (Å²) in [7, 11) is 0. The number of hydrogen-bond donors (Lipinski definition) is 0. The van der Waals surface area contributed by atoms with Gasteiger partial charge in [-0.2, -0.15) is 0 Å². The van der Waals surface area contributed by atoms with E-state index < -0.39 is 0 Å². The molecule has 2 fully saturated rings. The van der Waals surface area contributed by atoms with Crippen molar-refractivity contribution in [3.63, 3.8) is 0 Å². The van der Waals surface area contributed by atoms with Crippen molar-refractivity contribution in [2.24, 2.45) is 11.8 Å². The fraction of sp³-hybridized carbons (Fsp3) is 1.00. The lowest BCUT2D eigenvalue weighted by Gasteiger charge is -2.24. The molecule has 0 saturated carbocycles. The summed E-state index contributed by atoms with van der Waals surface area (Å²) in [6, 6.07) is 0. The van der Waals surface area contributed by atoms with E-state index in [-0.39, 0.29) is 27.4 Å². The van der Waals surface area contributed by atoms with Crippen molar-refractivity contribution in [3.8, 4) is 0 Å². The molecule has 2 heterocycles. The van der Waals surface area contributed by atoms with E-state index >= 15 is 0 Å². The van der Waals surface area contributed by atoms with Crippen molar-refractivity contribution in [1.82, 2.24) is 0 Å². The van der Waals surface area contributed by atoms with Crippen LogP contribution in [0.3, 0.4) is 0 Å². The molecular formula is C14H32O4. The Morgan fingerprint density at radius 2 is 0.778 bits per heavy atom. The highest BCUT2D eigenvalue weighted by molar-refractivity contribution is 4.54. The Kier molecular flexibility index (Phi) is 12.0. The quantitative estimate of drug-likeness (QED) is 0.672. The Morgan fingerprint density at radius 3 is 0.944 bits per heavy atom. The minimum Gasteiger partial charge on any atom is -0.353 e. The fourth-order valence-corrected chi connectivity index (χ4v) is 1.39. The molecule has 0 radical (unpaired) electrons. The molecule has 2 saturated heterocycles. The average Bonchev–Trinajstić information content (AvgIpc) is 2.28. The van der Waals surface area contributed by atoms with Crippen LogP contribution in [0.25, 0.3) is 0 Å². The highest BCUT2D eigenvalue weighted by atomic mass is 16.7. The topological polar surface area (TPSA) is 36.9 Å². The standard InChI is InChI=1S/2C6H12O2.2CH4/c2*1-5-3-7-6(2)8-4-5;;/h2*5-6H,3-4H2,1-2H3;2*1H4. The first kappa shape index (κ1) is 20.2. The van der Waals surface area contributed by atoms with Gasteiger partial charge in [0.2, 0.25) is 0 Å². The normalized spacial score (nSPS) is 35.3. The summed E-state index contributed by atoms with van der Waals surface area (Å²) in [5.41, 5.74) is 0. The SMILES string of the molecule is C.C.CC1COC(C)OC1.CC1COC(C)OC1. The second kappa shape index (κ2) is 10.7. The second-order valence-corrected chi connectivity index (χ2v) is 4.68. The van der Waals surface area contributed by atoms with E-state index in [1.807, 2.05) is 13.8 Å². The van der Waals surface area contributed by atoms with Gasteiger partial charge in [0.1, 0.15) is 0 Å². The minimum atomic E-state index is 0. The zero-order valence-corrected chi connectivity index (χ0v) is 10.8. The highest BCUT2D eigenvalue weighted by Gasteiger charge is 2.14. The number of hydrogen-bond acceptors (Lipinski definition) is 4. The number of ether oxygens (including phenoxy) is 4. The summed E-state index contributed by atoms with van der Waals surface area (Å²) in [6.07, 6.45) is 0.0393. The first-order valence-corrected chi connectivity index (χ1v) is 6.04. The lowest BCUT2D eigenvalue weighted by molar-refractivity contribution is -0.187. The van der Waals surface area contributed by atoms with Crippen LogP contribution in [0.15, 0.2) is 0 Å². The Balaban J connectivity index is 0. The monoisotopic (exact) mass is 264 g/mol. The second-order valence-electron chi connectivity index (χ2n) is 4.68. The van der Waals surface area contributed by atoms with Crippen LogP contribution < -0.4 is 0 Å². The van der Waals surface area contributed by atoms with Crippen LogP contribution in [0.1, 0.15) is 42.5 Å². The zero-order valence-electron chi connectivity index (χ0n) is 10.8. The molecule has 0 bridgehead atoms. The van der Waals surface area contributed by atoms with Gasteiger partial charge in [0.25, 0.3) is 0 Å². The average molecular weight is 264 g/mol. The van der Waals surface area contributed by atoms with Crippen LogP contribution in [0.2, 0.25) is 0 Å². The summed E-state index contributed by atoms with van der Waals surface area (Å²) < 4.78 is 20.7. The molecule has 4 heteroatoms. The van der Waals surface area contributed by atoms with Gasteiger partial charge in [0, 0.05) is 11.8 Å². The molecule has 0 aliphatic carbocycles. The summed E-state index contributed by atoms with van der Waals surface area (Å²) in [6.45, 7) is 11.5. The fourth-order valence-electron chi connectivity index (χ4n) is 1.39. The molecule has 0 unspecified atom stereocenters. The molecule has 2 rings (SSSR count). The van der Waals surface area contributed by atoms with Gasteiger partial charge in [0.15, 0.2) is 12.6 Å². The Bertz CT molecular complexity index is 131. The molecule has 0 spiro atoms. The van der Waals surface area contributed by atoms with Gasteiger partial charge >= 0.3 is 0 Å². The first-order chi connectivity index (χ1) is 7.58. The van der Waals surface area contributed by atoms with Crippen LogP contribution in [0, 0.1) is 11.8 Å². The lowest BCUT2D eigenvalue weighted by atomic mass is 10.2. The molecule has 112 valence electrons. The molecular weight excluding hydrogens is 232 g/mol. The van der Waals surface area contributed by atoms with Crippen molar-refractivity contribution < 1.29 is 18.9 Å². The largest absolute Gasteiger partial charge is 0.353 e. The minimum absolute atomic E-state index is 0. The van der Waals surface area contributed by atoms with Crippen LogP contribution in [0.4, 0.5) is 0 Å². The summed E-state index contributed by atoms with van der Waals surface area (Å²) in [5, 5.41) is 0. The van der Waals surface area contributed by atoms with Crippen LogP contribution in [0.5, 0.6) is 0 Å². The third kappa shape index (κ3) is 8.86. The Morgan fingerprint density at radius 1 is 0.556 bits per heavy atom. The highest BCUT2D eigenvalue weighted by Crippen LogP contribution is 2.09. The Hall–Kier alpha value is -0.160. The summed E-state index contributed by atoms with van der Waals surface area (Å²) in [5.74, 6) is 1.15. The predicted octanol–water partition coefficient (Wildman–Crippen LogP) is 3.30. The molecule has 0 amide bonds. The van der Waals surface area contributed by atoms with Gasteiger partial charge in [-0.1, -0.05) is 28.7 Å². The van der Waals surface area contributed by atoms with Crippen molar-refractivity contribution in [3.05, 3.63) is 0 Å². The van der Waals surface area contributed by atoms with E-state index in [0.717, 1.165) is 26.4 Å². The predicted molar refractivity (Wildman–Crippen MR) is 74.5 cm³/mol. The van der Waals surface area contributed by atoms with E-state index in [0.29, 0.717) is 11.8 Å². The molecule has 0 aromatic carbocycles. The molecule has 0 atom stereocenters. The summed E-state index contributed by atoms with van der Waals surface area (Å²) >= 11 is 0. The third-order valence-electron chi connectivity index (χ3n) is 2.46. The third-order valence-corrected chi connectivity index (χ3v) is 2.46. The molecule has 0 aromatic rings. The number of rotatable bonds is 0. The van der Waals surface area contributed by atoms with Gasteiger partial charge < -0.3 is 18.9 Å². The molecule has 2 aliphatic rings. The van der Waals surface area contributed by atoms with Crippen LogP contribution >= 0.6 is 0 Å². The van der Waals surface area contributed by atoms with E-state index in [1.165, 1.54) is 0 Å². The zero-order chi connectivity index (χ0) is 12.0. The van der Waals surface area contributed by atoms with E-state index in [4.69, 9.17) is 18.9 Å². The maximum atomic E-state index is 5.17. The van der Waals surface area contributed by atoms with Crippen molar-refractivity contribution in [2.75, 3.05) is 26.4 Å². The van der Waals surface area contributed by atoms with E-state index in [9.17, 15) is 0 Å². The molecule has 0 N–H and O–H groups in total. The Labute approximate surface area is 113 Å². The molecule has 4 nitrogen and oxygen atoms in total. The molecule has 2 aliphatic heterocycles. The maximum Gasteiger partial charge on any atom is 0.154 e. The first-order valence-electron chi connectivity index (χ1n) is 6.04. The van der Waals surface area contributed by atoms with Gasteiger partial charge in [-0.25, -0.2) is 0 Å². The smallest absolute Gasteiger partial charge is 0.154 e.